The van der Waals surface area contributed by atoms with Crippen LogP contribution in [0.3, 0.4) is 0 Å². The van der Waals surface area contributed by atoms with Crippen molar-refractivity contribution in [2.24, 2.45) is 0 Å². The number of nitriles is 1. The molecule has 102 valence electrons. The molecule has 0 fully saturated rings. The van der Waals surface area contributed by atoms with Crippen LogP contribution in [0.25, 0.3) is 0 Å². The molecule has 0 bridgehead atoms. The molecule has 1 aromatic carbocycles. The molecule has 1 N–H and O–H groups in total. The SMILES string of the molecule is N#Cc1ccc(Cl)cc1OCCn1cc(C(=O)O)nn1. The van der Waals surface area contributed by atoms with Gasteiger partial charge in [0.1, 0.15) is 18.4 Å². The van der Waals surface area contributed by atoms with Gasteiger partial charge in [-0.15, -0.1) is 5.10 Å². The van der Waals surface area contributed by atoms with Gasteiger partial charge in [-0.1, -0.05) is 16.8 Å². The Hall–Kier alpha value is -2.59. The molecule has 2 rings (SSSR count). The molecule has 2 aromatic rings. The van der Waals surface area contributed by atoms with Crippen molar-refractivity contribution >= 4 is 17.6 Å². The highest BCUT2D eigenvalue weighted by Crippen LogP contribution is 2.22. The zero-order chi connectivity index (χ0) is 14.5. The van der Waals surface area contributed by atoms with Crippen molar-refractivity contribution < 1.29 is 14.6 Å². The summed E-state index contributed by atoms with van der Waals surface area (Å²) in [5.41, 5.74) is 0.240. The van der Waals surface area contributed by atoms with Gasteiger partial charge in [0, 0.05) is 11.1 Å². The monoisotopic (exact) mass is 292 g/mol. The maximum Gasteiger partial charge on any atom is 0.358 e. The van der Waals surface area contributed by atoms with Gasteiger partial charge in [0.2, 0.25) is 0 Å². The lowest BCUT2D eigenvalue weighted by molar-refractivity contribution is 0.0690. The molecule has 0 saturated carbocycles. The third-order valence-corrected chi connectivity index (χ3v) is 2.63. The summed E-state index contributed by atoms with van der Waals surface area (Å²) in [5.74, 6) is -0.766. The van der Waals surface area contributed by atoms with E-state index < -0.39 is 5.97 Å². The predicted molar refractivity (Wildman–Crippen MR) is 68.6 cm³/mol. The first-order valence-electron chi connectivity index (χ1n) is 5.56. The Morgan fingerprint density at radius 3 is 3.00 bits per heavy atom. The number of aromatic nitrogens is 3. The van der Waals surface area contributed by atoms with Gasteiger partial charge in [0.15, 0.2) is 5.69 Å². The average Bonchev–Trinajstić information content (AvgIpc) is 2.88. The molecule has 0 aliphatic heterocycles. The van der Waals surface area contributed by atoms with Crippen molar-refractivity contribution in [1.29, 1.82) is 5.26 Å². The van der Waals surface area contributed by atoms with Crippen LogP contribution in [0.2, 0.25) is 5.02 Å². The number of nitrogens with zero attached hydrogens (tertiary/aromatic N) is 4. The van der Waals surface area contributed by atoms with Gasteiger partial charge >= 0.3 is 5.97 Å². The van der Waals surface area contributed by atoms with E-state index in [1.807, 2.05) is 6.07 Å². The number of halogens is 1. The van der Waals surface area contributed by atoms with Gasteiger partial charge in [0.05, 0.1) is 18.3 Å². The number of rotatable bonds is 5. The molecule has 1 heterocycles. The van der Waals surface area contributed by atoms with E-state index >= 15 is 0 Å². The van der Waals surface area contributed by atoms with Gasteiger partial charge in [-0.2, -0.15) is 5.26 Å². The number of carboxylic acid groups (broad SMARTS) is 1. The zero-order valence-electron chi connectivity index (χ0n) is 10.2. The summed E-state index contributed by atoms with van der Waals surface area (Å²) >= 11 is 5.83. The summed E-state index contributed by atoms with van der Waals surface area (Å²) in [5, 5.41) is 25.2. The summed E-state index contributed by atoms with van der Waals surface area (Å²) in [6.45, 7) is 0.509. The van der Waals surface area contributed by atoms with Crippen LogP contribution < -0.4 is 4.74 Å². The minimum absolute atomic E-state index is 0.134. The van der Waals surface area contributed by atoms with Crippen molar-refractivity contribution in [3.63, 3.8) is 0 Å². The van der Waals surface area contributed by atoms with Gasteiger partial charge in [-0.25, -0.2) is 9.48 Å². The molecule has 0 amide bonds. The number of hydrogen-bond donors (Lipinski definition) is 1. The molecule has 0 aliphatic carbocycles. The molecule has 0 atom stereocenters. The molecule has 0 radical (unpaired) electrons. The van der Waals surface area contributed by atoms with Crippen molar-refractivity contribution in [2.45, 2.75) is 6.54 Å². The van der Waals surface area contributed by atoms with E-state index in [0.29, 0.717) is 22.9 Å². The second-order valence-corrected chi connectivity index (χ2v) is 4.21. The molecular weight excluding hydrogens is 284 g/mol. The van der Waals surface area contributed by atoms with Gasteiger partial charge < -0.3 is 9.84 Å². The Bertz CT molecular complexity index is 678. The Morgan fingerprint density at radius 2 is 2.35 bits per heavy atom. The van der Waals surface area contributed by atoms with Crippen LogP contribution in [0.1, 0.15) is 16.1 Å². The second kappa shape index (κ2) is 6.04. The van der Waals surface area contributed by atoms with Crippen molar-refractivity contribution in [3.05, 3.63) is 40.7 Å². The average molecular weight is 293 g/mol. The summed E-state index contributed by atoms with van der Waals surface area (Å²) in [7, 11) is 0. The molecular formula is C12H9ClN4O3. The van der Waals surface area contributed by atoms with E-state index in [1.165, 1.54) is 10.9 Å². The maximum atomic E-state index is 10.6. The number of hydrogen-bond acceptors (Lipinski definition) is 5. The fourth-order valence-corrected chi connectivity index (χ4v) is 1.62. The summed E-state index contributed by atoms with van der Waals surface area (Å²) in [6.07, 6.45) is 1.30. The minimum atomic E-state index is -1.14. The highest BCUT2D eigenvalue weighted by atomic mass is 35.5. The summed E-state index contributed by atoms with van der Waals surface area (Å²) in [4.78, 5) is 10.6. The van der Waals surface area contributed by atoms with E-state index in [-0.39, 0.29) is 12.3 Å². The quantitative estimate of drug-likeness (QED) is 0.898. The summed E-state index contributed by atoms with van der Waals surface area (Å²) < 4.78 is 6.79. The van der Waals surface area contributed by atoms with Crippen LogP contribution in [0, 0.1) is 11.3 Å². The first kappa shape index (κ1) is 13.8. The predicted octanol–water partition coefficient (Wildman–Crippen LogP) is 1.58. The fraction of sp³-hybridized carbons (Fsp3) is 0.167. The maximum absolute atomic E-state index is 10.6. The Balaban J connectivity index is 1.97. The van der Waals surface area contributed by atoms with Gasteiger partial charge in [-0.3, -0.25) is 0 Å². The van der Waals surface area contributed by atoms with Crippen LogP contribution >= 0.6 is 11.6 Å². The second-order valence-electron chi connectivity index (χ2n) is 3.77. The Morgan fingerprint density at radius 1 is 1.55 bits per heavy atom. The van der Waals surface area contributed by atoms with Gasteiger partial charge in [-0.05, 0) is 12.1 Å². The van der Waals surface area contributed by atoms with Crippen molar-refractivity contribution in [3.8, 4) is 11.8 Å². The number of ether oxygens (including phenoxy) is 1. The number of benzene rings is 1. The molecule has 0 saturated heterocycles. The van der Waals surface area contributed by atoms with Crippen LogP contribution in [-0.2, 0) is 6.54 Å². The largest absolute Gasteiger partial charge is 0.490 e. The van der Waals surface area contributed by atoms with Crippen LogP contribution in [0.5, 0.6) is 5.75 Å². The molecule has 7 nitrogen and oxygen atoms in total. The highest BCUT2D eigenvalue weighted by molar-refractivity contribution is 6.30. The smallest absolute Gasteiger partial charge is 0.358 e. The first-order chi connectivity index (χ1) is 9.60. The third-order valence-electron chi connectivity index (χ3n) is 2.40. The molecule has 20 heavy (non-hydrogen) atoms. The van der Waals surface area contributed by atoms with E-state index in [2.05, 4.69) is 10.3 Å². The molecule has 8 heteroatoms. The third kappa shape index (κ3) is 3.24. The van der Waals surface area contributed by atoms with E-state index in [0.717, 1.165) is 0 Å². The van der Waals surface area contributed by atoms with Crippen molar-refractivity contribution in [2.75, 3.05) is 6.61 Å². The lowest BCUT2D eigenvalue weighted by atomic mass is 10.2. The highest BCUT2D eigenvalue weighted by Gasteiger charge is 2.08. The normalized spacial score (nSPS) is 10.0. The van der Waals surface area contributed by atoms with E-state index in [4.69, 9.17) is 26.7 Å². The molecule has 0 aliphatic rings. The minimum Gasteiger partial charge on any atom is -0.490 e. The van der Waals surface area contributed by atoms with Crippen LogP contribution in [0.4, 0.5) is 0 Å². The van der Waals surface area contributed by atoms with Crippen LogP contribution in [0.15, 0.2) is 24.4 Å². The van der Waals surface area contributed by atoms with Crippen LogP contribution in [-0.4, -0.2) is 32.7 Å². The zero-order valence-corrected chi connectivity index (χ0v) is 10.9. The molecule has 0 unspecified atom stereocenters. The fourth-order valence-electron chi connectivity index (χ4n) is 1.46. The Labute approximate surface area is 119 Å². The number of aromatic carboxylic acids is 1. The van der Waals surface area contributed by atoms with E-state index in [1.54, 1.807) is 18.2 Å². The first-order valence-corrected chi connectivity index (χ1v) is 5.94. The molecule has 0 spiro atoms. The van der Waals surface area contributed by atoms with Gasteiger partial charge in [0.25, 0.3) is 0 Å². The number of carbonyl (C=O) groups is 1. The van der Waals surface area contributed by atoms with Crippen molar-refractivity contribution in [1.82, 2.24) is 15.0 Å². The lowest BCUT2D eigenvalue weighted by Crippen LogP contribution is -2.09. The lowest BCUT2D eigenvalue weighted by Gasteiger charge is -2.07. The topological polar surface area (TPSA) is 101 Å². The van der Waals surface area contributed by atoms with E-state index in [9.17, 15) is 4.79 Å². The molecule has 1 aromatic heterocycles. The summed E-state index contributed by atoms with van der Waals surface area (Å²) in [6, 6.07) is 6.71. The standard InChI is InChI=1S/C12H9ClN4O3/c13-9-2-1-8(6-14)11(5-9)20-4-3-17-7-10(12(18)19)15-16-17/h1-2,5,7H,3-4H2,(H,18,19). The number of carboxylic acids is 1. The Kier molecular flexibility index (Phi) is 4.17.